The highest BCUT2D eigenvalue weighted by Gasteiger charge is 2.14. The van der Waals surface area contributed by atoms with E-state index in [9.17, 15) is 14.4 Å². The maximum atomic E-state index is 12.2. The molecule has 1 aliphatic heterocycles. The van der Waals surface area contributed by atoms with Crippen molar-refractivity contribution in [2.45, 2.75) is 13.0 Å². The molecule has 176 valence electrons. The van der Waals surface area contributed by atoms with Crippen molar-refractivity contribution >= 4 is 29.2 Å². The van der Waals surface area contributed by atoms with E-state index in [2.05, 4.69) is 16.0 Å². The van der Waals surface area contributed by atoms with Gasteiger partial charge in [0.15, 0.2) is 0 Å². The number of ether oxygens (including phenoxy) is 1. The number of nitrogens with zero attached hydrogens (tertiary/aromatic N) is 2. The van der Waals surface area contributed by atoms with Crippen LogP contribution in [0.3, 0.4) is 0 Å². The number of urea groups is 1. The molecule has 4 amide bonds. The van der Waals surface area contributed by atoms with E-state index in [1.165, 1.54) is 0 Å². The van der Waals surface area contributed by atoms with Gasteiger partial charge in [-0.15, -0.1) is 0 Å². The lowest BCUT2D eigenvalue weighted by molar-refractivity contribution is -0.118. The number of hydrogen-bond donors (Lipinski definition) is 3. The molecule has 3 rings (SSSR count). The minimum Gasteiger partial charge on any atom is -0.379 e. The van der Waals surface area contributed by atoms with Crippen LogP contribution in [0.2, 0.25) is 0 Å². The van der Waals surface area contributed by atoms with Crippen LogP contribution >= 0.6 is 0 Å². The van der Waals surface area contributed by atoms with E-state index >= 15 is 0 Å². The summed E-state index contributed by atoms with van der Waals surface area (Å²) in [5.74, 6) is -0.285. The van der Waals surface area contributed by atoms with Gasteiger partial charge in [0.2, 0.25) is 11.8 Å². The predicted molar refractivity (Wildman–Crippen MR) is 127 cm³/mol. The van der Waals surface area contributed by atoms with Gasteiger partial charge >= 0.3 is 6.03 Å². The maximum Gasteiger partial charge on any atom is 0.317 e. The summed E-state index contributed by atoms with van der Waals surface area (Å²) in [7, 11) is 1.71. The van der Waals surface area contributed by atoms with Crippen molar-refractivity contribution < 1.29 is 19.1 Å². The molecule has 0 bridgehead atoms. The molecule has 1 heterocycles. The number of hydrogen-bond acceptors (Lipinski definition) is 5. The maximum absolute atomic E-state index is 12.2. The SMILES string of the molecule is CN(Cc1ccccc1)C(=O)NCCC(=O)Nc1ccc(NC(=O)CN2CCOCC2)cc1. The molecule has 0 radical (unpaired) electrons. The first-order chi connectivity index (χ1) is 16.0. The lowest BCUT2D eigenvalue weighted by Gasteiger charge is -2.25. The van der Waals surface area contributed by atoms with E-state index in [0.717, 1.165) is 18.7 Å². The number of carbonyl (C=O) groups is 3. The van der Waals surface area contributed by atoms with Crippen LogP contribution in [0, 0.1) is 0 Å². The molecule has 2 aromatic rings. The van der Waals surface area contributed by atoms with Gasteiger partial charge in [0.05, 0.1) is 19.8 Å². The zero-order valence-electron chi connectivity index (χ0n) is 18.9. The summed E-state index contributed by atoms with van der Waals surface area (Å²) in [4.78, 5) is 40.1. The van der Waals surface area contributed by atoms with E-state index in [0.29, 0.717) is 37.7 Å². The Morgan fingerprint density at radius 3 is 2.15 bits per heavy atom. The quantitative estimate of drug-likeness (QED) is 0.540. The molecule has 1 saturated heterocycles. The first kappa shape index (κ1) is 24.2. The zero-order chi connectivity index (χ0) is 23.5. The third kappa shape index (κ3) is 8.55. The number of nitrogens with one attached hydrogen (secondary N) is 3. The summed E-state index contributed by atoms with van der Waals surface area (Å²) in [5.41, 5.74) is 2.33. The molecule has 0 unspecified atom stereocenters. The monoisotopic (exact) mass is 453 g/mol. The molecule has 3 N–H and O–H groups in total. The van der Waals surface area contributed by atoms with Crippen LogP contribution in [0.1, 0.15) is 12.0 Å². The van der Waals surface area contributed by atoms with Crippen LogP contribution in [0.5, 0.6) is 0 Å². The summed E-state index contributed by atoms with van der Waals surface area (Å²) in [5, 5.41) is 8.40. The Kier molecular flexibility index (Phi) is 9.22. The average Bonchev–Trinajstić information content (AvgIpc) is 2.81. The van der Waals surface area contributed by atoms with Crippen molar-refractivity contribution in [3.8, 4) is 0 Å². The Hall–Kier alpha value is -3.43. The van der Waals surface area contributed by atoms with E-state index in [1.807, 2.05) is 35.2 Å². The molecular weight excluding hydrogens is 422 g/mol. The number of amides is 4. The van der Waals surface area contributed by atoms with Crippen LogP contribution in [0.4, 0.5) is 16.2 Å². The summed E-state index contributed by atoms with van der Waals surface area (Å²) in [6.45, 7) is 3.86. The minimum atomic E-state index is -0.233. The lowest BCUT2D eigenvalue weighted by atomic mass is 10.2. The van der Waals surface area contributed by atoms with Gasteiger partial charge in [-0.25, -0.2) is 4.79 Å². The van der Waals surface area contributed by atoms with E-state index in [4.69, 9.17) is 4.74 Å². The molecule has 1 aliphatic rings. The van der Waals surface area contributed by atoms with Gasteiger partial charge in [0, 0.05) is 51.0 Å². The van der Waals surface area contributed by atoms with Crippen molar-refractivity contribution in [1.82, 2.24) is 15.1 Å². The van der Waals surface area contributed by atoms with Crippen molar-refractivity contribution in [3.63, 3.8) is 0 Å². The number of benzene rings is 2. The van der Waals surface area contributed by atoms with Gasteiger partial charge in [-0.3, -0.25) is 14.5 Å². The van der Waals surface area contributed by atoms with Crippen LogP contribution in [-0.2, 0) is 20.9 Å². The number of carbonyl (C=O) groups excluding carboxylic acids is 3. The van der Waals surface area contributed by atoms with Crippen molar-refractivity contribution in [2.24, 2.45) is 0 Å². The molecule has 0 spiro atoms. The highest BCUT2D eigenvalue weighted by atomic mass is 16.5. The molecule has 33 heavy (non-hydrogen) atoms. The second kappa shape index (κ2) is 12.6. The Labute approximate surface area is 194 Å². The highest BCUT2D eigenvalue weighted by Crippen LogP contribution is 2.14. The largest absolute Gasteiger partial charge is 0.379 e. The van der Waals surface area contributed by atoms with E-state index < -0.39 is 0 Å². The van der Waals surface area contributed by atoms with Gasteiger partial charge in [0.25, 0.3) is 0 Å². The van der Waals surface area contributed by atoms with Crippen molar-refractivity contribution in [2.75, 3.05) is 57.1 Å². The Morgan fingerprint density at radius 2 is 1.52 bits per heavy atom. The normalized spacial score (nSPS) is 13.7. The first-order valence-electron chi connectivity index (χ1n) is 11.0. The number of morpholine rings is 1. The summed E-state index contributed by atoms with van der Waals surface area (Å²) in [6, 6.07) is 16.4. The number of anilines is 2. The standard InChI is InChI=1S/C24H31N5O4/c1-28(17-19-5-3-2-4-6-19)24(32)25-12-11-22(30)26-20-7-9-21(10-8-20)27-23(31)18-29-13-15-33-16-14-29/h2-10H,11-18H2,1H3,(H,25,32)(H,26,30)(H,27,31). The fourth-order valence-electron chi connectivity index (χ4n) is 3.37. The molecule has 1 fully saturated rings. The summed E-state index contributed by atoms with van der Waals surface area (Å²) in [6.07, 6.45) is 0.156. The second-order valence-corrected chi connectivity index (χ2v) is 7.89. The van der Waals surface area contributed by atoms with Crippen LogP contribution in [0.25, 0.3) is 0 Å². The van der Waals surface area contributed by atoms with Crippen LogP contribution < -0.4 is 16.0 Å². The third-order valence-electron chi connectivity index (χ3n) is 5.16. The summed E-state index contributed by atoms with van der Waals surface area (Å²) >= 11 is 0. The van der Waals surface area contributed by atoms with Gasteiger partial charge in [-0.1, -0.05) is 30.3 Å². The van der Waals surface area contributed by atoms with Gasteiger partial charge in [-0.2, -0.15) is 0 Å². The fourth-order valence-corrected chi connectivity index (χ4v) is 3.37. The van der Waals surface area contributed by atoms with Gasteiger partial charge in [-0.05, 0) is 29.8 Å². The Balaban J connectivity index is 1.34. The molecule has 0 atom stereocenters. The first-order valence-corrected chi connectivity index (χ1v) is 11.0. The van der Waals surface area contributed by atoms with E-state index in [1.54, 1.807) is 36.2 Å². The Bertz CT molecular complexity index is 914. The minimum absolute atomic E-state index is 0.0818. The van der Waals surface area contributed by atoms with E-state index in [-0.39, 0.29) is 30.8 Å². The fraction of sp³-hybridized carbons (Fsp3) is 0.375. The van der Waals surface area contributed by atoms with Crippen molar-refractivity contribution in [1.29, 1.82) is 0 Å². The molecule has 9 nitrogen and oxygen atoms in total. The van der Waals surface area contributed by atoms with Crippen molar-refractivity contribution in [3.05, 3.63) is 60.2 Å². The second-order valence-electron chi connectivity index (χ2n) is 7.89. The smallest absolute Gasteiger partial charge is 0.317 e. The predicted octanol–water partition coefficient (Wildman–Crippen LogP) is 2.13. The number of rotatable bonds is 9. The Morgan fingerprint density at radius 1 is 0.909 bits per heavy atom. The average molecular weight is 454 g/mol. The summed E-state index contributed by atoms with van der Waals surface area (Å²) < 4.78 is 5.28. The topological polar surface area (TPSA) is 103 Å². The molecule has 2 aromatic carbocycles. The molecular formula is C24H31N5O4. The zero-order valence-corrected chi connectivity index (χ0v) is 18.9. The lowest BCUT2D eigenvalue weighted by Crippen LogP contribution is -2.41. The highest BCUT2D eigenvalue weighted by molar-refractivity contribution is 5.94. The van der Waals surface area contributed by atoms with Crippen LogP contribution in [0.15, 0.2) is 54.6 Å². The molecule has 0 aliphatic carbocycles. The van der Waals surface area contributed by atoms with Gasteiger partial charge in [0.1, 0.15) is 0 Å². The third-order valence-corrected chi connectivity index (χ3v) is 5.16. The molecule has 0 saturated carbocycles. The van der Waals surface area contributed by atoms with Crippen LogP contribution in [-0.4, -0.2) is 74.1 Å². The molecule has 9 heteroatoms. The van der Waals surface area contributed by atoms with Gasteiger partial charge < -0.3 is 25.6 Å². The molecule has 0 aromatic heterocycles.